The van der Waals surface area contributed by atoms with E-state index in [0.29, 0.717) is 28.3 Å². The van der Waals surface area contributed by atoms with Gasteiger partial charge < -0.3 is 19.9 Å². The number of carbonyl (C=O) groups is 3. The first-order valence-corrected chi connectivity index (χ1v) is 11.3. The fraction of sp³-hybridized carbons (Fsp3) is 0.400. The van der Waals surface area contributed by atoms with Gasteiger partial charge in [-0.1, -0.05) is 23.8 Å². The zero-order chi connectivity index (χ0) is 23.9. The number of rotatable bonds is 3. The van der Waals surface area contributed by atoms with E-state index in [1.165, 1.54) is 4.90 Å². The maximum atomic E-state index is 13.8. The van der Waals surface area contributed by atoms with Gasteiger partial charge >= 0.3 is 0 Å². The van der Waals surface area contributed by atoms with Crippen LogP contribution in [0.25, 0.3) is 0 Å². The van der Waals surface area contributed by atoms with Gasteiger partial charge in [-0.25, -0.2) is 0 Å². The molecule has 5 atom stereocenters. The van der Waals surface area contributed by atoms with E-state index in [1.54, 1.807) is 25.1 Å². The SMILES string of the molecule is Cc1cc(C)c2c(c1)C1(NC(C(C)O)[C@H]3C(=O)N(Cc4ccc5c(c4)OCO5)C(=O)[C@H]31)C(=O)N2. The zero-order valence-corrected chi connectivity index (χ0v) is 19.0. The summed E-state index contributed by atoms with van der Waals surface area (Å²) in [5.74, 6) is -1.84. The van der Waals surface area contributed by atoms with Crippen LogP contribution in [0.2, 0.25) is 0 Å². The standard InChI is InChI=1S/C25H25N3O6/c1-11-6-12(2)20-15(7-11)25(24(32)26-20)19-18(21(27-25)13(3)29)22(30)28(23(19)31)9-14-4-5-16-17(8-14)34-10-33-16/h4-8,13,18-19,21,27,29H,9-10H2,1-3H3,(H,26,32)/t13?,18-,19-,21?,25?/m0/s1. The molecule has 0 bridgehead atoms. The molecule has 0 aliphatic carbocycles. The molecule has 1 spiro atoms. The van der Waals surface area contributed by atoms with Crippen LogP contribution in [0.5, 0.6) is 11.5 Å². The molecule has 0 radical (unpaired) electrons. The highest BCUT2D eigenvalue weighted by atomic mass is 16.7. The number of amides is 3. The lowest BCUT2D eigenvalue weighted by Gasteiger charge is -2.30. The van der Waals surface area contributed by atoms with Crippen molar-refractivity contribution in [1.29, 1.82) is 0 Å². The van der Waals surface area contributed by atoms with E-state index in [-0.39, 0.29) is 19.2 Å². The van der Waals surface area contributed by atoms with Crippen LogP contribution in [0.15, 0.2) is 30.3 Å². The fourth-order valence-electron chi connectivity index (χ4n) is 6.04. The predicted octanol–water partition coefficient (Wildman–Crippen LogP) is 1.33. The third-order valence-electron chi connectivity index (χ3n) is 7.49. The molecule has 3 amide bonds. The lowest BCUT2D eigenvalue weighted by molar-refractivity contribution is -0.143. The number of carbonyl (C=O) groups excluding carboxylic acids is 3. The van der Waals surface area contributed by atoms with Crippen molar-refractivity contribution >= 4 is 23.4 Å². The van der Waals surface area contributed by atoms with Gasteiger partial charge in [0.1, 0.15) is 5.54 Å². The summed E-state index contributed by atoms with van der Waals surface area (Å²) in [6.45, 7) is 5.57. The summed E-state index contributed by atoms with van der Waals surface area (Å²) in [4.78, 5) is 42.2. The molecule has 3 N–H and O–H groups in total. The Morgan fingerprint density at radius 2 is 1.88 bits per heavy atom. The number of benzene rings is 2. The number of aliphatic hydroxyl groups excluding tert-OH is 1. The average molecular weight is 463 g/mol. The van der Waals surface area contributed by atoms with Gasteiger partial charge in [0.15, 0.2) is 11.5 Å². The third kappa shape index (κ3) is 2.65. The zero-order valence-electron chi connectivity index (χ0n) is 19.0. The molecule has 176 valence electrons. The molecule has 0 aromatic heterocycles. The van der Waals surface area contributed by atoms with Crippen molar-refractivity contribution in [3.63, 3.8) is 0 Å². The van der Waals surface area contributed by atoms with Crippen LogP contribution >= 0.6 is 0 Å². The maximum absolute atomic E-state index is 13.8. The highest BCUT2D eigenvalue weighted by Gasteiger charge is 2.71. The van der Waals surface area contributed by atoms with Crippen molar-refractivity contribution in [3.05, 3.63) is 52.6 Å². The van der Waals surface area contributed by atoms with Gasteiger partial charge in [-0.05, 0) is 44.0 Å². The van der Waals surface area contributed by atoms with Crippen LogP contribution in [0.1, 0.15) is 29.2 Å². The monoisotopic (exact) mass is 463 g/mol. The minimum absolute atomic E-state index is 0.0469. The third-order valence-corrected chi connectivity index (χ3v) is 7.49. The Morgan fingerprint density at radius 3 is 2.65 bits per heavy atom. The van der Waals surface area contributed by atoms with Gasteiger partial charge in [-0.15, -0.1) is 0 Å². The van der Waals surface area contributed by atoms with Gasteiger partial charge in [-0.2, -0.15) is 0 Å². The first-order valence-electron chi connectivity index (χ1n) is 11.3. The number of anilines is 1. The molecule has 4 heterocycles. The highest BCUT2D eigenvalue weighted by Crippen LogP contribution is 2.54. The van der Waals surface area contributed by atoms with Crippen molar-refractivity contribution in [2.45, 2.75) is 45.0 Å². The first-order chi connectivity index (χ1) is 16.2. The summed E-state index contributed by atoms with van der Waals surface area (Å²) >= 11 is 0. The van der Waals surface area contributed by atoms with E-state index in [9.17, 15) is 19.5 Å². The lowest BCUT2D eigenvalue weighted by Crippen LogP contribution is -2.54. The Kier molecular flexibility index (Phi) is 4.37. The molecular formula is C25H25N3O6. The van der Waals surface area contributed by atoms with E-state index < -0.39 is 41.3 Å². The van der Waals surface area contributed by atoms with E-state index in [0.717, 1.165) is 11.1 Å². The van der Waals surface area contributed by atoms with Crippen molar-refractivity contribution in [1.82, 2.24) is 10.2 Å². The number of hydrogen-bond acceptors (Lipinski definition) is 7. The van der Waals surface area contributed by atoms with E-state index in [2.05, 4.69) is 10.6 Å². The molecule has 6 rings (SSSR count). The van der Waals surface area contributed by atoms with Crippen LogP contribution in [0, 0.1) is 25.7 Å². The molecule has 9 nitrogen and oxygen atoms in total. The number of nitrogens with one attached hydrogen (secondary N) is 2. The quantitative estimate of drug-likeness (QED) is 0.588. The number of nitrogens with zero attached hydrogens (tertiary/aromatic N) is 1. The number of aliphatic hydroxyl groups is 1. The fourth-order valence-corrected chi connectivity index (χ4v) is 6.04. The van der Waals surface area contributed by atoms with Gasteiger partial charge in [0.2, 0.25) is 24.5 Å². The molecule has 3 unspecified atom stereocenters. The van der Waals surface area contributed by atoms with Crippen molar-refractivity contribution in [2.75, 3.05) is 12.1 Å². The van der Waals surface area contributed by atoms with Crippen molar-refractivity contribution in [2.24, 2.45) is 11.8 Å². The number of hydrogen-bond donors (Lipinski definition) is 3. The molecule has 4 aliphatic heterocycles. The molecule has 9 heteroatoms. The van der Waals surface area contributed by atoms with Crippen LogP contribution in [0.3, 0.4) is 0 Å². The number of fused-ring (bicyclic) bond motifs is 5. The number of imide groups is 1. The number of likely N-dealkylation sites (tertiary alicyclic amines) is 1. The molecule has 2 fully saturated rings. The van der Waals surface area contributed by atoms with Crippen LogP contribution in [-0.2, 0) is 26.5 Å². The Balaban J connectivity index is 1.44. The van der Waals surface area contributed by atoms with E-state index in [1.807, 2.05) is 26.0 Å². The van der Waals surface area contributed by atoms with Crippen molar-refractivity contribution in [3.8, 4) is 11.5 Å². The molecule has 2 aromatic rings. The second kappa shape index (κ2) is 7.04. The van der Waals surface area contributed by atoms with Gasteiger partial charge in [-0.3, -0.25) is 24.6 Å². The van der Waals surface area contributed by atoms with E-state index in [4.69, 9.17) is 9.47 Å². The minimum atomic E-state index is -1.42. The first kappa shape index (κ1) is 21.1. The smallest absolute Gasteiger partial charge is 0.250 e. The summed E-state index contributed by atoms with van der Waals surface area (Å²) in [7, 11) is 0. The molecule has 2 saturated heterocycles. The highest BCUT2D eigenvalue weighted by molar-refractivity contribution is 6.15. The van der Waals surface area contributed by atoms with Crippen LogP contribution < -0.4 is 20.1 Å². The minimum Gasteiger partial charge on any atom is -0.454 e. The van der Waals surface area contributed by atoms with Gasteiger partial charge in [0.25, 0.3) is 0 Å². The average Bonchev–Trinajstić information content (AvgIpc) is 3.51. The van der Waals surface area contributed by atoms with Crippen molar-refractivity contribution < 1.29 is 29.0 Å². The Labute approximate surface area is 196 Å². The van der Waals surface area contributed by atoms with Gasteiger partial charge in [0.05, 0.1) is 24.5 Å². The summed E-state index contributed by atoms with van der Waals surface area (Å²) in [6.07, 6.45) is -0.947. The summed E-state index contributed by atoms with van der Waals surface area (Å²) in [5.41, 5.74) is 2.42. The Morgan fingerprint density at radius 1 is 1.12 bits per heavy atom. The Bertz CT molecular complexity index is 1270. The molecule has 34 heavy (non-hydrogen) atoms. The number of aryl methyl sites for hydroxylation is 2. The molecule has 2 aromatic carbocycles. The summed E-state index contributed by atoms with van der Waals surface area (Å²) in [6, 6.07) is 8.38. The summed E-state index contributed by atoms with van der Waals surface area (Å²) in [5, 5.41) is 16.7. The second-order valence-electron chi connectivity index (χ2n) is 9.63. The largest absolute Gasteiger partial charge is 0.454 e. The topological polar surface area (TPSA) is 117 Å². The van der Waals surface area contributed by atoms with Gasteiger partial charge in [0, 0.05) is 17.3 Å². The second-order valence-corrected chi connectivity index (χ2v) is 9.63. The predicted molar refractivity (Wildman–Crippen MR) is 120 cm³/mol. The maximum Gasteiger partial charge on any atom is 0.250 e. The molecule has 0 saturated carbocycles. The molecular weight excluding hydrogens is 438 g/mol. The lowest BCUT2D eigenvalue weighted by atomic mass is 9.75. The number of ether oxygens (including phenoxy) is 2. The Hall–Kier alpha value is -3.43. The van der Waals surface area contributed by atoms with Crippen LogP contribution in [0.4, 0.5) is 5.69 Å². The van der Waals surface area contributed by atoms with Crippen LogP contribution in [-0.4, -0.2) is 46.7 Å². The van der Waals surface area contributed by atoms with E-state index >= 15 is 0 Å². The summed E-state index contributed by atoms with van der Waals surface area (Å²) < 4.78 is 10.8. The molecule has 4 aliphatic rings. The normalized spacial score (nSPS) is 29.6.